The average Bonchev–Trinajstić information content (AvgIpc) is 2.07. The number of rotatable bonds is 4. The molecule has 0 fully saturated rings. The van der Waals surface area contributed by atoms with Crippen molar-refractivity contribution in [2.45, 2.75) is 13.8 Å². The largest absolute Gasteiger partial charge is 0.373 e. The highest BCUT2D eigenvalue weighted by Crippen LogP contribution is 2.03. The van der Waals surface area contributed by atoms with Gasteiger partial charge in [-0.05, 0) is 26.6 Å². The van der Waals surface area contributed by atoms with Gasteiger partial charge >= 0.3 is 0 Å². The lowest BCUT2D eigenvalue weighted by Crippen LogP contribution is -2.09. The molecule has 0 bridgehead atoms. The first kappa shape index (κ1) is 10.6. The highest BCUT2D eigenvalue weighted by molar-refractivity contribution is 6.06. The molecule has 0 aromatic rings. The van der Waals surface area contributed by atoms with Gasteiger partial charge in [-0.2, -0.15) is 0 Å². The summed E-state index contributed by atoms with van der Waals surface area (Å²) < 4.78 is 0. The fraction of sp³-hybridized carbons (Fsp3) is 0.333. The fourth-order valence-corrected chi connectivity index (χ4v) is 0.804. The van der Waals surface area contributed by atoms with Crippen molar-refractivity contribution in [3.63, 3.8) is 0 Å². The lowest BCUT2D eigenvalue weighted by atomic mass is 10.1. The van der Waals surface area contributed by atoms with E-state index in [0.717, 1.165) is 5.57 Å². The van der Waals surface area contributed by atoms with E-state index >= 15 is 0 Å². The van der Waals surface area contributed by atoms with Crippen molar-refractivity contribution in [1.29, 1.82) is 5.41 Å². The van der Waals surface area contributed by atoms with E-state index in [0.29, 0.717) is 11.5 Å². The first-order chi connectivity index (χ1) is 5.67. The molecule has 0 atom stereocenters. The summed E-state index contributed by atoms with van der Waals surface area (Å²) in [5.41, 5.74) is 1.25. The highest BCUT2D eigenvalue weighted by atomic mass is 15.0. The van der Waals surface area contributed by atoms with Gasteiger partial charge in [-0.1, -0.05) is 6.08 Å². The number of hydrogen-bond donors (Lipinski definition) is 2. The molecule has 0 aliphatic rings. The Bertz CT molecular complexity index is 236. The molecule has 0 aliphatic heterocycles. The molecule has 66 valence electrons. The second kappa shape index (κ2) is 5.29. The Morgan fingerprint density at radius 3 is 2.50 bits per heavy atom. The molecule has 0 aromatic heterocycles. The summed E-state index contributed by atoms with van der Waals surface area (Å²) in [6.07, 6.45) is 3.54. The van der Waals surface area contributed by atoms with Crippen molar-refractivity contribution in [2.75, 3.05) is 7.05 Å². The van der Waals surface area contributed by atoms with Crippen LogP contribution < -0.4 is 5.32 Å². The van der Waals surface area contributed by atoms with Crippen LogP contribution in [0, 0.1) is 5.41 Å². The Hall–Kier alpha value is -1.38. The monoisotopic (exact) mass is 165 g/mol. The molecule has 0 amide bonds. The number of allylic oxidation sites excluding steroid dienone is 3. The van der Waals surface area contributed by atoms with E-state index in [1.54, 1.807) is 13.1 Å². The molecular formula is C9H15N3. The Balaban J connectivity index is 4.74. The SMILES string of the molecule is C=N/C(NC)=C(/C)C(=N)/C=C\C. The van der Waals surface area contributed by atoms with Crippen LogP contribution >= 0.6 is 0 Å². The molecular weight excluding hydrogens is 150 g/mol. The van der Waals surface area contributed by atoms with Gasteiger partial charge < -0.3 is 10.7 Å². The summed E-state index contributed by atoms with van der Waals surface area (Å²) in [7, 11) is 1.76. The van der Waals surface area contributed by atoms with Crippen molar-refractivity contribution in [3.8, 4) is 0 Å². The molecule has 0 rings (SSSR count). The Kier molecular flexibility index (Phi) is 4.69. The van der Waals surface area contributed by atoms with Crippen molar-refractivity contribution < 1.29 is 0 Å². The summed E-state index contributed by atoms with van der Waals surface area (Å²) in [4.78, 5) is 3.75. The summed E-state index contributed by atoms with van der Waals surface area (Å²) in [5.74, 6) is 0.651. The second-order valence-corrected chi connectivity index (χ2v) is 2.30. The smallest absolute Gasteiger partial charge is 0.129 e. The van der Waals surface area contributed by atoms with E-state index in [1.807, 2.05) is 19.9 Å². The Morgan fingerprint density at radius 1 is 1.58 bits per heavy atom. The van der Waals surface area contributed by atoms with Crippen molar-refractivity contribution in [2.24, 2.45) is 4.99 Å². The van der Waals surface area contributed by atoms with Crippen molar-refractivity contribution in [1.82, 2.24) is 5.32 Å². The molecule has 0 saturated carbocycles. The predicted molar refractivity (Wildman–Crippen MR) is 53.8 cm³/mol. The third-order valence-corrected chi connectivity index (χ3v) is 1.49. The van der Waals surface area contributed by atoms with Crippen LogP contribution in [0.5, 0.6) is 0 Å². The van der Waals surface area contributed by atoms with Gasteiger partial charge in [0.05, 0.1) is 5.71 Å². The van der Waals surface area contributed by atoms with Gasteiger partial charge in [0.1, 0.15) is 5.82 Å². The van der Waals surface area contributed by atoms with Gasteiger partial charge in [0.25, 0.3) is 0 Å². The van der Waals surface area contributed by atoms with Gasteiger partial charge in [-0.15, -0.1) is 0 Å². The maximum atomic E-state index is 7.56. The summed E-state index contributed by atoms with van der Waals surface area (Å²) in [5, 5.41) is 10.4. The van der Waals surface area contributed by atoms with Gasteiger partial charge in [-0.25, -0.2) is 4.99 Å². The van der Waals surface area contributed by atoms with Crippen LogP contribution in [0.25, 0.3) is 0 Å². The molecule has 0 unspecified atom stereocenters. The minimum atomic E-state index is 0.453. The molecule has 0 radical (unpaired) electrons. The average molecular weight is 165 g/mol. The van der Waals surface area contributed by atoms with Crippen molar-refractivity contribution in [3.05, 3.63) is 23.5 Å². The van der Waals surface area contributed by atoms with Crippen LogP contribution in [0.3, 0.4) is 0 Å². The number of aliphatic imine (C=N–C) groups is 1. The standard InChI is InChI=1S/C9H15N3/c1-5-6-8(10)7(2)9(11-3)12-4/h5-6,10,12H,3H2,1-2,4H3/b6-5-,9-7+,10-8?. The molecule has 2 N–H and O–H groups in total. The van der Waals surface area contributed by atoms with Crippen LogP contribution in [-0.2, 0) is 0 Å². The van der Waals surface area contributed by atoms with E-state index in [-0.39, 0.29) is 0 Å². The zero-order chi connectivity index (χ0) is 9.56. The molecule has 3 nitrogen and oxygen atoms in total. The van der Waals surface area contributed by atoms with Crippen LogP contribution in [0.4, 0.5) is 0 Å². The molecule has 3 heteroatoms. The van der Waals surface area contributed by atoms with Crippen molar-refractivity contribution >= 4 is 12.4 Å². The Labute approximate surface area is 73.4 Å². The minimum Gasteiger partial charge on any atom is -0.373 e. The maximum Gasteiger partial charge on any atom is 0.129 e. The minimum absolute atomic E-state index is 0.453. The molecule has 12 heavy (non-hydrogen) atoms. The van der Waals surface area contributed by atoms with Crippen LogP contribution in [0.15, 0.2) is 28.5 Å². The topological polar surface area (TPSA) is 48.2 Å². The first-order valence-electron chi connectivity index (χ1n) is 3.74. The third kappa shape index (κ3) is 2.70. The number of nitrogens with one attached hydrogen (secondary N) is 2. The molecule has 0 saturated heterocycles. The fourth-order valence-electron chi connectivity index (χ4n) is 0.804. The Morgan fingerprint density at radius 2 is 2.17 bits per heavy atom. The second-order valence-electron chi connectivity index (χ2n) is 2.30. The molecule has 0 aromatic carbocycles. The van der Waals surface area contributed by atoms with E-state index in [2.05, 4.69) is 17.0 Å². The number of nitrogens with zero attached hydrogens (tertiary/aromatic N) is 1. The maximum absolute atomic E-state index is 7.56. The number of hydrogen-bond acceptors (Lipinski definition) is 3. The molecule has 0 heterocycles. The third-order valence-electron chi connectivity index (χ3n) is 1.49. The zero-order valence-corrected chi connectivity index (χ0v) is 7.81. The molecule has 0 spiro atoms. The van der Waals surface area contributed by atoms with Crippen LogP contribution in [-0.4, -0.2) is 19.5 Å². The van der Waals surface area contributed by atoms with Crippen LogP contribution in [0.1, 0.15) is 13.8 Å². The van der Waals surface area contributed by atoms with E-state index < -0.39 is 0 Å². The van der Waals surface area contributed by atoms with E-state index in [1.165, 1.54) is 0 Å². The highest BCUT2D eigenvalue weighted by Gasteiger charge is 2.00. The van der Waals surface area contributed by atoms with E-state index in [4.69, 9.17) is 5.41 Å². The lowest BCUT2D eigenvalue weighted by Gasteiger charge is -2.04. The lowest BCUT2D eigenvalue weighted by molar-refractivity contribution is 0.954. The van der Waals surface area contributed by atoms with Crippen LogP contribution in [0.2, 0.25) is 0 Å². The summed E-state index contributed by atoms with van der Waals surface area (Å²) in [6.45, 7) is 7.12. The van der Waals surface area contributed by atoms with Gasteiger partial charge in [0.15, 0.2) is 0 Å². The van der Waals surface area contributed by atoms with Gasteiger partial charge in [-0.3, -0.25) is 0 Å². The quantitative estimate of drug-likeness (QED) is 0.612. The first-order valence-corrected chi connectivity index (χ1v) is 3.74. The summed E-state index contributed by atoms with van der Waals surface area (Å²) >= 11 is 0. The normalized spacial score (nSPS) is 12.6. The van der Waals surface area contributed by atoms with E-state index in [9.17, 15) is 0 Å². The van der Waals surface area contributed by atoms with Gasteiger partial charge in [0, 0.05) is 12.6 Å². The zero-order valence-electron chi connectivity index (χ0n) is 7.81. The molecule has 0 aliphatic carbocycles. The van der Waals surface area contributed by atoms with Gasteiger partial charge in [0.2, 0.25) is 0 Å². The summed E-state index contributed by atoms with van der Waals surface area (Å²) in [6, 6.07) is 0. The predicted octanol–water partition coefficient (Wildman–Crippen LogP) is 1.73.